The van der Waals surface area contributed by atoms with E-state index in [0.717, 1.165) is 18.8 Å². The maximum atomic E-state index is 12.1. The van der Waals surface area contributed by atoms with Crippen LogP contribution in [0.2, 0.25) is 10.0 Å². The standard InChI is InChI=1S/C18H17Cl2N3O2/c19-15-9-12(10-16(20)17(15)24)11-21-22-18(25)13-3-5-14(6-4-13)23-7-1-2-8-23/h3-6,9-11,24H,1-2,7-8H2,(H,22,25)/b21-11-. The number of amides is 1. The van der Waals surface area contributed by atoms with E-state index in [1.807, 2.05) is 12.1 Å². The summed E-state index contributed by atoms with van der Waals surface area (Å²) in [4.78, 5) is 14.4. The van der Waals surface area contributed by atoms with E-state index in [1.54, 1.807) is 12.1 Å². The highest BCUT2D eigenvalue weighted by molar-refractivity contribution is 6.37. The second-order valence-electron chi connectivity index (χ2n) is 5.77. The van der Waals surface area contributed by atoms with Gasteiger partial charge in [0, 0.05) is 24.3 Å². The maximum absolute atomic E-state index is 12.1. The summed E-state index contributed by atoms with van der Waals surface area (Å²) in [6.45, 7) is 2.13. The highest BCUT2D eigenvalue weighted by atomic mass is 35.5. The fourth-order valence-electron chi connectivity index (χ4n) is 2.69. The molecule has 0 saturated carbocycles. The number of carbonyl (C=O) groups is 1. The highest BCUT2D eigenvalue weighted by Gasteiger charge is 2.13. The summed E-state index contributed by atoms with van der Waals surface area (Å²) in [6, 6.07) is 10.5. The van der Waals surface area contributed by atoms with Crippen LogP contribution in [0.15, 0.2) is 41.5 Å². The minimum Gasteiger partial charge on any atom is -0.505 e. The molecule has 130 valence electrons. The van der Waals surface area contributed by atoms with Crippen molar-refractivity contribution < 1.29 is 9.90 Å². The Morgan fingerprint density at radius 1 is 1.12 bits per heavy atom. The number of aromatic hydroxyl groups is 1. The van der Waals surface area contributed by atoms with Crippen molar-refractivity contribution >= 4 is 41.0 Å². The van der Waals surface area contributed by atoms with Gasteiger partial charge in [-0.3, -0.25) is 4.79 Å². The Morgan fingerprint density at radius 2 is 1.72 bits per heavy atom. The molecule has 3 rings (SSSR count). The molecule has 25 heavy (non-hydrogen) atoms. The number of hydrogen-bond acceptors (Lipinski definition) is 4. The van der Waals surface area contributed by atoms with Gasteiger partial charge in [0.15, 0.2) is 5.75 Å². The normalized spacial score (nSPS) is 14.2. The molecule has 0 bridgehead atoms. The van der Waals surface area contributed by atoms with Gasteiger partial charge < -0.3 is 10.0 Å². The van der Waals surface area contributed by atoms with Crippen molar-refractivity contribution in [2.45, 2.75) is 12.8 Å². The van der Waals surface area contributed by atoms with Gasteiger partial charge in [0.05, 0.1) is 16.3 Å². The second-order valence-corrected chi connectivity index (χ2v) is 6.59. The Kier molecular flexibility index (Phi) is 5.46. The number of rotatable bonds is 4. The smallest absolute Gasteiger partial charge is 0.271 e. The van der Waals surface area contributed by atoms with Crippen molar-refractivity contribution in [2.75, 3.05) is 18.0 Å². The number of hydrazone groups is 1. The first-order valence-electron chi connectivity index (χ1n) is 7.91. The minimum absolute atomic E-state index is 0.123. The molecule has 0 aromatic heterocycles. The maximum Gasteiger partial charge on any atom is 0.271 e. The molecular weight excluding hydrogens is 361 g/mol. The van der Waals surface area contributed by atoms with Gasteiger partial charge in [0.2, 0.25) is 0 Å². The van der Waals surface area contributed by atoms with Gasteiger partial charge in [-0.1, -0.05) is 23.2 Å². The highest BCUT2D eigenvalue weighted by Crippen LogP contribution is 2.32. The van der Waals surface area contributed by atoms with Crippen LogP contribution in [0.1, 0.15) is 28.8 Å². The molecule has 0 unspecified atom stereocenters. The molecule has 0 aliphatic carbocycles. The topological polar surface area (TPSA) is 64.9 Å². The number of benzene rings is 2. The van der Waals surface area contributed by atoms with Crippen molar-refractivity contribution in [3.63, 3.8) is 0 Å². The number of phenolic OH excluding ortho intramolecular Hbond substituents is 1. The van der Waals surface area contributed by atoms with E-state index in [1.165, 1.54) is 31.2 Å². The molecule has 0 atom stereocenters. The predicted octanol–water partition coefficient (Wildman–Crippen LogP) is 4.06. The Bertz CT molecular complexity index is 777. The van der Waals surface area contributed by atoms with E-state index in [-0.39, 0.29) is 21.7 Å². The first-order chi connectivity index (χ1) is 12.0. The van der Waals surface area contributed by atoms with Crippen molar-refractivity contribution in [1.29, 1.82) is 0 Å². The molecule has 1 saturated heterocycles. The van der Waals surface area contributed by atoms with Crippen LogP contribution in [0, 0.1) is 0 Å². The van der Waals surface area contributed by atoms with E-state index >= 15 is 0 Å². The van der Waals surface area contributed by atoms with Gasteiger partial charge in [-0.2, -0.15) is 5.10 Å². The molecule has 1 heterocycles. The number of nitrogens with zero attached hydrogens (tertiary/aromatic N) is 2. The quantitative estimate of drug-likeness (QED) is 0.623. The zero-order chi connectivity index (χ0) is 17.8. The average Bonchev–Trinajstić information content (AvgIpc) is 3.14. The predicted molar refractivity (Wildman–Crippen MR) is 101 cm³/mol. The fraction of sp³-hybridized carbons (Fsp3) is 0.222. The molecule has 0 radical (unpaired) electrons. The molecule has 1 fully saturated rings. The second kappa shape index (κ2) is 7.76. The first-order valence-corrected chi connectivity index (χ1v) is 8.66. The molecule has 0 spiro atoms. The van der Waals surface area contributed by atoms with Gasteiger partial charge >= 0.3 is 0 Å². The lowest BCUT2D eigenvalue weighted by molar-refractivity contribution is 0.0955. The van der Waals surface area contributed by atoms with E-state index in [4.69, 9.17) is 23.2 Å². The molecule has 1 amide bonds. The van der Waals surface area contributed by atoms with E-state index in [2.05, 4.69) is 15.4 Å². The molecule has 2 aromatic carbocycles. The first kappa shape index (κ1) is 17.6. The largest absolute Gasteiger partial charge is 0.505 e. The van der Waals surface area contributed by atoms with Gasteiger partial charge in [0.25, 0.3) is 5.91 Å². The number of anilines is 1. The summed E-state index contributed by atoms with van der Waals surface area (Å²) in [5.41, 5.74) is 4.69. The Hall–Kier alpha value is -2.24. The fourth-order valence-corrected chi connectivity index (χ4v) is 3.19. The summed E-state index contributed by atoms with van der Waals surface area (Å²) in [6.07, 6.45) is 3.83. The Balaban J connectivity index is 1.62. The van der Waals surface area contributed by atoms with Crippen LogP contribution in [-0.4, -0.2) is 30.3 Å². The molecule has 2 N–H and O–H groups in total. The summed E-state index contributed by atoms with van der Waals surface area (Å²) >= 11 is 11.7. The lowest BCUT2D eigenvalue weighted by Crippen LogP contribution is -2.19. The van der Waals surface area contributed by atoms with E-state index in [9.17, 15) is 9.90 Å². The van der Waals surface area contributed by atoms with Crippen molar-refractivity contribution in [2.24, 2.45) is 5.10 Å². The van der Waals surface area contributed by atoms with Crippen LogP contribution in [0.3, 0.4) is 0 Å². The van der Waals surface area contributed by atoms with Gasteiger partial charge in [-0.25, -0.2) is 5.43 Å². The summed E-state index contributed by atoms with van der Waals surface area (Å²) in [5.74, 6) is -0.484. The van der Waals surface area contributed by atoms with Crippen LogP contribution in [-0.2, 0) is 0 Å². The number of hydrogen-bond donors (Lipinski definition) is 2. The molecular formula is C18H17Cl2N3O2. The lowest BCUT2D eigenvalue weighted by atomic mass is 10.2. The van der Waals surface area contributed by atoms with Crippen LogP contribution in [0.25, 0.3) is 0 Å². The summed E-state index contributed by atoms with van der Waals surface area (Å²) in [5, 5.41) is 13.7. The third kappa shape index (κ3) is 4.24. The van der Waals surface area contributed by atoms with Crippen LogP contribution >= 0.6 is 23.2 Å². The number of carbonyl (C=O) groups excluding carboxylic acids is 1. The monoisotopic (exact) mass is 377 g/mol. The van der Waals surface area contributed by atoms with E-state index < -0.39 is 0 Å². The molecule has 5 nitrogen and oxygen atoms in total. The van der Waals surface area contributed by atoms with Gasteiger partial charge in [-0.05, 0) is 54.8 Å². The van der Waals surface area contributed by atoms with Crippen LogP contribution < -0.4 is 10.3 Å². The zero-order valence-electron chi connectivity index (χ0n) is 13.4. The molecule has 1 aliphatic heterocycles. The van der Waals surface area contributed by atoms with Crippen LogP contribution in [0.5, 0.6) is 5.75 Å². The Morgan fingerprint density at radius 3 is 2.32 bits per heavy atom. The summed E-state index contributed by atoms with van der Waals surface area (Å²) < 4.78 is 0. The zero-order valence-corrected chi connectivity index (χ0v) is 14.9. The van der Waals surface area contributed by atoms with Gasteiger partial charge in [0.1, 0.15) is 0 Å². The number of halogens is 2. The SMILES string of the molecule is O=C(N/N=C\c1cc(Cl)c(O)c(Cl)c1)c1ccc(N2CCCC2)cc1. The molecule has 7 heteroatoms. The molecule has 1 aliphatic rings. The third-order valence-electron chi connectivity index (χ3n) is 4.02. The summed E-state index contributed by atoms with van der Waals surface area (Å²) in [7, 11) is 0. The van der Waals surface area contributed by atoms with E-state index in [0.29, 0.717) is 11.1 Å². The lowest BCUT2D eigenvalue weighted by Gasteiger charge is -2.17. The number of phenols is 1. The average molecular weight is 378 g/mol. The van der Waals surface area contributed by atoms with Crippen molar-refractivity contribution in [3.05, 3.63) is 57.6 Å². The third-order valence-corrected chi connectivity index (χ3v) is 4.60. The minimum atomic E-state index is -0.305. The van der Waals surface area contributed by atoms with Crippen LogP contribution in [0.4, 0.5) is 5.69 Å². The van der Waals surface area contributed by atoms with Gasteiger partial charge in [-0.15, -0.1) is 0 Å². The van der Waals surface area contributed by atoms with Crippen molar-refractivity contribution in [1.82, 2.24) is 5.43 Å². The number of nitrogens with one attached hydrogen (secondary N) is 1. The Labute approximate surface area is 155 Å². The van der Waals surface area contributed by atoms with Crippen molar-refractivity contribution in [3.8, 4) is 5.75 Å². The molecule has 2 aromatic rings.